The van der Waals surface area contributed by atoms with Crippen LogP contribution in [0.2, 0.25) is 0 Å². The predicted molar refractivity (Wildman–Crippen MR) is 91.8 cm³/mol. The van der Waals surface area contributed by atoms with Gasteiger partial charge in [-0.1, -0.05) is 12.1 Å². The molecule has 0 atom stereocenters. The number of hydrogen-bond donors (Lipinski definition) is 1. The lowest BCUT2D eigenvalue weighted by molar-refractivity contribution is -0.114. The second-order valence-electron chi connectivity index (χ2n) is 5.94. The van der Waals surface area contributed by atoms with Crippen molar-refractivity contribution in [3.8, 4) is 11.5 Å². The van der Waals surface area contributed by atoms with Gasteiger partial charge in [-0.25, -0.2) is 0 Å². The van der Waals surface area contributed by atoms with Gasteiger partial charge in [0.25, 0.3) is 0 Å². The van der Waals surface area contributed by atoms with Gasteiger partial charge in [-0.05, 0) is 67.9 Å². The minimum atomic E-state index is -0.0757. The normalized spacial score (nSPS) is 14.7. The number of carbonyl (C=O) groups is 1. The Morgan fingerprint density at radius 3 is 2.52 bits per heavy atom. The maximum atomic E-state index is 11.0. The molecule has 0 aliphatic carbocycles. The van der Waals surface area contributed by atoms with Crippen LogP contribution in [0.15, 0.2) is 48.5 Å². The zero-order chi connectivity index (χ0) is 16.1. The molecule has 23 heavy (non-hydrogen) atoms. The molecule has 0 spiro atoms. The summed E-state index contributed by atoms with van der Waals surface area (Å²) in [6.45, 7) is 4.86. The van der Waals surface area contributed by atoms with Crippen molar-refractivity contribution in [3.63, 3.8) is 0 Å². The Balaban J connectivity index is 1.63. The SMILES string of the molecule is CC(=O)Nc1ccc(Oc2cccc(CN3CCCC3)c2)cc1. The zero-order valence-corrected chi connectivity index (χ0v) is 13.4. The topological polar surface area (TPSA) is 41.6 Å². The monoisotopic (exact) mass is 310 g/mol. The molecular weight excluding hydrogens is 288 g/mol. The van der Waals surface area contributed by atoms with Crippen LogP contribution in [-0.2, 0) is 11.3 Å². The first-order valence-electron chi connectivity index (χ1n) is 8.06. The van der Waals surface area contributed by atoms with Crippen molar-refractivity contribution in [1.29, 1.82) is 0 Å². The Morgan fingerprint density at radius 2 is 1.83 bits per heavy atom. The van der Waals surface area contributed by atoms with E-state index in [9.17, 15) is 4.79 Å². The summed E-state index contributed by atoms with van der Waals surface area (Å²) >= 11 is 0. The van der Waals surface area contributed by atoms with Crippen molar-refractivity contribution in [2.45, 2.75) is 26.3 Å². The van der Waals surface area contributed by atoms with Gasteiger partial charge < -0.3 is 10.1 Å². The van der Waals surface area contributed by atoms with Gasteiger partial charge in [0.15, 0.2) is 0 Å². The molecule has 2 aromatic rings. The molecule has 120 valence electrons. The number of ether oxygens (including phenoxy) is 1. The molecule has 0 aromatic heterocycles. The van der Waals surface area contributed by atoms with Gasteiger partial charge in [0.05, 0.1) is 0 Å². The summed E-state index contributed by atoms with van der Waals surface area (Å²) < 4.78 is 5.91. The van der Waals surface area contributed by atoms with Crippen LogP contribution >= 0.6 is 0 Å². The highest BCUT2D eigenvalue weighted by atomic mass is 16.5. The molecule has 4 heteroatoms. The third-order valence-electron chi connectivity index (χ3n) is 3.91. The second-order valence-corrected chi connectivity index (χ2v) is 5.94. The summed E-state index contributed by atoms with van der Waals surface area (Å²) in [6, 6.07) is 15.6. The minimum absolute atomic E-state index is 0.0757. The average molecular weight is 310 g/mol. The molecular formula is C19H22N2O2. The lowest BCUT2D eigenvalue weighted by atomic mass is 10.2. The standard InChI is InChI=1S/C19H22N2O2/c1-15(22)20-17-7-9-18(10-8-17)23-19-6-4-5-16(13-19)14-21-11-2-3-12-21/h4-10,13H,2-3,11-12,14H2,1H3,(H,20,22). The quantitative estimate of drug-likeness (QED) is 0.906. The number of carbonyl (C=O) groups excluding carboxylic acids is 1. The van der Waals surface area contributed by atoms with Gasteiger partial charge in [0, 0.05) is 19.2 Å². The van der Waals surface area contributed by atoms with Crippen LogP contribution in [-0.4, -0.2) is 23.9 Å². The summed E-state index contributed by atoms with van der Waals surface area (Å²) in [5.74, 6) is 1.53. The van der Waals surface area contributed by atoms with E-state index in [-0.39, 0.29) is 5.91 Å². The fourth-order valence-electron chi connectivity index (χ4n) is 2.85. The number of hydrogen-bond acceptors (Lipinski definition) is 3. The number of nitrogens with zero attached hydrogens (tertiary/aromatic N) is 1. The molecule has 3 rings (SSSR count). The largest absolute Gasteiger partial charge is 0.457 e. The number of rotatable bonds is 5. The first kappa shape index (κ1) is 15.6. The van der Waals surface area contributed by atoms with E-state index in [1.165, 1.54) is 38.4 Å². The summed E-state index contributed by atoms with van der Waals surface area (Å²) in [5.41, 5.74) is 2.05. The fourth-order valence-corrected chi connectivity index (χ4v) is 2.85. The molecule has 2 aromatic carbocycles. The van der Waals surface area contributed by atoms with Gasteiger partial charge in [-0.15, -0.1) is 0 Å². The first-order chi connectivity index (χ1) is 11.2. The molecule has 4 nitrogen and oxygen atoms in total. The van der Waals surface area contributed by atoms with E-state index >= 15 is 0 Å². The van der Waals surface area contributed by atoms with E-state index in [1.54, 1.807) is 0 Å². The summed E-state index contributed by atoms with van der Waals surface area (Å²) in [5, 5.41) is 2.75. The van der Waals surface area contributed by atoms with Crippen LogP contribution in [0.3, 0.4) is 0 Å². The van der Waals surface area contributed by atoms with Gasteiger partial charge >= 0.3 is 0 Å². The van der Waals surface area contributed by atoms with Crippen LogP contribution < -0.4 is 10.1 Å². The van der Waals surface area contributed by atoms with Crippen LogP contribution in [0.1, 0.15) is 25.3 Å². The average Bonchev–Trinajstić information content (AvgIpc) is 3.02. The van der Waals surface area contributed by atoms with E-state index in [0.29, 0.717) is 0 Å². The van der Waals surface area contributed by atoms with Crippen molar-refractivity contribution < 1.29 is 9.53 Å². The molecule has 1 heterocycles. The van der Waals surface area contributed by atoms with Crippen molar-refractivity contribution in [1.82, 2.24) is 4.90 Å². The first-order valence-corrected chi connectivity index (χ1v) is 8.06. The van der Waals surface area contributed by atoms with Crippen LogP contribution in [0, 0.1) is 0 Å². The number of amides is 1. The Labute approximate surface area is 137 Å². The maximum absolute atomic E-state index is 11.0. The molecule has 1 N–H and O–H groups in total. The van der Waals surface area contributed by atoms with Crippen LogP contribution in [0.5, 0.6) is 11.5 Å². The highest BCUT2D eigenvalue weighted by molar-refractivity contribution is 5.88. The third kappa shape index (κ3) is 4.57. The molecule has 1 saturated heterocycles. The summed E-state index contributed by atoms with van der Waals surface area (Å²) in [7, 11) is 0. The molecule has 1 fully saturated rings. The molecule has 1 amide bonds. The molecule has 0 bridgehead atoms. The molecule has 0 saturated carbocycles. The lowest BCUT2D eigenvalue weighted by Crippen LogP contribution is -2.18. The molecule has 0 radical (unpaired) electrons. The van der Waals surface area contributed by atoms with Gasteiger partial charge in [0.1, 0.15) is 11.5 Å². The predicted octanol–water partition coefficient (Wildman–Crippen LogP) is 4.03. The molecule has 0 unspecified atom stereocenters. The highest BCUT2D eigenvalue weighted by Crippen LogP contribution is 2.24. The third-order valence-corrected chi connectivity index (χ3v) is 3.91. The Hall–Kier alpha value is -2.33. The zero-order valence-electron chi connectivity index (χ0n) is 13.4. The minimum Gasteiger partial charge on any atom is -0.457 e. The van der Waals surface area contributed by atoms with Crippen molar-refractivity contribution in [2.24, 2.45) is 0 Å². The summed E-state index contributed by atoms with van der Waals surface area (Å²) in [4.78, 5) is 13.5. The number of nitrogens with one attached hydrogen (secondary N) is 1. The fraction of sp³-hybridized carbons (Fsp3) is 0.316. The van der Waals surface area contributed by atoms with Gasteiger partial charge in [-0.2, -0.15) is 0 Å². The Bertz CT molecular complexity index is 661. The van der Waals surface area contributed by atoms with Crippen LogP contribution in [0.25, 0.3) is 0 Å². The second kappa shape index (κ2) is 7.29. The highest BCUT2D eigenvalue weighted by Gasteiger charge is 2.12. The van der Waals surface area contributed by atoms with Crippen molar-refractivity contribution in [3.05, 3.63) is 54.1 Å². The van der Waals surface area contributed by atoms with E-state index in [4.69, 9.17) is 4.74 Å². The molecule has 1 aliphatic rings. The number of anilines is 1. The summed E-state index contributed by atoms with van der Waals surface area (Å²) in [6.07, 6.45) is 2.60. The van der Waals surface area contributed by atoms with E-state index in [0.717, 1.165) is 23.7 Å². The number of likely N-dealkylation sites (tertiary alicyclic amines) is 1. The Morgan fingerprint density at radius 1 is 1.09 bits per heavy atom. The van der Waals surface area contributed by atoms with E-state index in [2.05, 4.69) is 22.3 Å². The smallest absolute Gasteiger partial charge is 0.221 e. The lowest BCUT2D eigenvalue weighted by Gasteiger charge is -2.15. The van der Waals surface area contributed by atoms with E-state index < -0.39 is 0 Å². The Kier molecular flexibility index (Phi) is 4.93. The van der Waals surface area contributed by atoms with Gasteiger partial charge in [-0.3, -0.25) is 9.69 Å². The van der Waals surface area contributed by atoms with Gasteiger partial charge in [0.2, 0.25) is 5.91 Å². The van der Waals surface area contributed by atoms with Crippen molar-refractivity contribution in [2.75, 3.05) is 18.4 Å². The van der Waals surface area contributed by atoms with Crippen LogP contribution in [0.4, 0.5) is 5.69 Å². The maximum Gasteiger partial charge on any atom is 0.221 e. The van der Waals surface area contributed by atoms with E-state index in [1.807, 2.05) is 36.4 Å². The number of benzene rings is 2. The van der Waals surface area contributed by atoms with Crippen molar-refractivity contribution >= 4 is 11.6 Å². The molecule has 1 aliphatic heterocycles.